The quantitative estimate of drug-likeness (QED) is 0.483. The maximum Gasteiger partial charge on any atom is 0.267 e. The Labute approximate surface area is 198 Å². The second-order valence-corrected chi connectivity index (χ2v) is 12.4. The van der Waals surface area contributed by atoms with Crippen LogP contribution in [-0.2, 0) is 15.7 Å². The summed E-state index contributed by atoms with van der Waals surface area (Å²) >= 11 is 0. The molecule has 0 bridgehead atoms. The standard InChI is InChI=1S/C23H28FN7O2S/c1-13-17(14(10-25)11-28-18(13)20(26)32)16-7-6-15(24)19(30-16)22(2)12-34(33)23(3,21(27)31-22)8-4-5-9-29-34/h6-7,11,34H,4-5,8-9,12H2,1-3H3,(H2,26,32)(H2,27,31)(H,29,33). The van der Waals surface area contributed by atoms with E-state index in [4.69, 9.17) is 11.5 Å². The molecule has 34 heavy (non-hydrogen) atoms. The van der Waals surface area contributed by atoms with Gasteiger partial charge in [0.15, 0.2) is 0 Å². The van der Waals surface area contributed by atoms with E-state index in [1.165, 1.54) is 18.3 Å². The van der Waals surface area contributed by atoms with Crippen LogP contribution < -0.4 is 16.2 Å². The molecule has 0 spiro atoms. The minimum atomic E-state index is -3.10. The number of amides is 1. The van der Waals surface area contributed by atoms with Gasteiger partial charge in [-0.15, -0.1) is 0 Å². The van der Waals surface area contributed by atoms with Gasteiger partial charge in [-0.25, -0.2) is 14.4 Å². The number of halogens is 1. The summed E-state index contributed by atoms with van der Waals surface area (Å²) in [5, 5.41) is 9.62. The van der Waals surface area contributed by atoms with Gasteiger partial charge in [0.1, 0.15) is 34.6 Å². The molecule has 1 saturated heterocycles. The van der Waals surface area contributed by atoms with Crippen LogP contribution in [0.1, 0.15) is 60.4 Å². The van der Waals surface area contributed by atoms with Crippen molar-refractivity contribution in [3.05, 3.63) is 46.7 Å². The monoisotopic (exact) mass is 485 g/mol. The maximum absolute atomic E-state index is 15.2. The number of thiol groups is 1. The first-order valence-corrected chi connectivity index (χ1v) is 12.9. The number of hydrogen-bond acceptors (Lipinski definition) is 7. The summed E-state index contributed by atoms with van der Waals surface area (Å²) in [5.74, 6) is -1.11. The first-order chi connectivity index (χ1) is 16.0. The van der Waals surface area contributed by atoms with Crippen molar-refractivity contribution in [2.75, 3.05) is 12.3 Å². The van der Waals surface area contributed by atoms with Crippen molar-refractivity contribution in [2.45, 2.75) is 50.3 Å². The van der Waals surface area contributed by atoms with Gasteiger partial charge in [-0.05, 0) is 61.4 Å². The van der Waals surface area contributed by atoms with Crippen molar-refractivity contribution < 1.29 is 13.4 Å². The number of nitrogens with zero attached hydrogens (tertiary/aromatic N) is 4. The third kappa shape index (κ3) is 3.58. The number of rotatable bonds is 3. The number of carbonyl (C=O) groups excluding carboxylic acids is 1. The van der Waals surface area contributed by atoms with Gasteiger partial charge in [-0.1, -0.05) is 6.42 Å². The van der Waals surface area contributed by atoms with E-state index in [1.807, 2.05) is 13.0 Å². The molecule has 1 fully saturated rings. The normalized spacial score (nSPS) is 27.0. The van der Waals surface area contributed by atoms with Crippen LogP contribution in [0.4, 0.5) is 4.39 Å². The van der Waals surface area contributed by atoms with Crippen molar-refractivity contribution >= 4 is 21.9 Å². The highest BCUT2D eigenvalue weighted by Crippen LogP contribution is 2.43. The Morgan fingerprint density at radius 1 is 1.32 bits per heavy atom. The molecule has 1 amide bonds. The molecule has 11 heteroatoms. The fourth-order valence-electron chi connectivity index (χ4n) is 4.97. The van der Waals surface area contributed by atoms with Gasteiger partial charge in [0.2, 0.25) is 0 Å². The average molecular weight is 486 g/mol. The van der Waals surface area contributed by atoms with Gasteiger partial charge in [-0.2, -0.15) is 5.26 Å². The van der Waals surface area contributed by atoms with E-state index in [1.54, 1.807) is 13.8 Å². The van der Waals surface area contributed by atoms with E-state index in [-0.39, 0.29) is 34.2 Å². The number of aromatic nitrogens is 2. The van der Waals surface area contributed by atoms with E-state index in [2.05, 4.69) is 19.7 Å². The number of nitriles is 1. The minimum absolute atomic E-state index is 0.00400. The highest BCUT2D eigenvalue weighted by molar-refractivity contribution is 8.03. The van der Waals surface area contributed by atoms with Crippen LogP contribution in [0.3, 0.4) is 0 Å². The topological polar surface area (TPSA) is 160 Å². The van der Waals surface area contributed by atoms with Crippen molar-refractivity contribution in [3.8, 4) is 17.3 Å². The molecule has 4 heterocycles. The Bertz CT molecular complexity index is 1320. The highest BCUT2D eigenvalue weighted by atomic mass is 32.3. The molecule has 0 aliphatic carbocycles. The molecule has 180 valence electrons. The minimum Gasteiger partial charge on any atom is -0.386 e. The molecule has 2 atom stereocenters. The van der Waals surface area contributed by atoms with Crippen LogP contribution in [0.2, 0.25) is 0 Å². The molecule has 0 saturated carbocycles. The molecular weight excluding hydrogens is 457 g/mol. The molecule has 9 nitrogen and oxygen atoms in total. The molecule has 0 radical (unpaired) electrons. The summed E-state index contributed by atoms with van der Waals surface area (Å²) < 4.78 is 31.8. The first kappa shape index (κ1) is 23.9. The number of nitrogens with one attached hydrogen (secondary N) is 1. The van der Waals surface area contributed by atoms with Crippen molar-refractivity contribution in [2.24, 2.45) is 16.5 Å². The van der Waals surface area contributed by atoms with Gasteiger partial charge in [0.25, 0.3) is 5.91 Å². The third-order valence-electron chi connectivity index (χ3n) is 6.99. The fraction of sp³-hybridized carbons (Fsp3) is 0.435. The molecule has 5 N–H and O–H groups in total. The van der Waals surface area contributed by atoms with Crippen molar-refractivity contribution in [1.29, 1.82) is 5.26 Å². The number of hydrogen-bond donors (Lipinski definition) is 4. The second kappa shape index (κ2) is 8.21. The Morgan fingerprint density at radius 2 is 2.06 bits per heavy atom. The van der Waals surface area contributed by atoms with E-state index >= 15 is 4.39 Å². The second-order valence-electron chi connectivity index (χ2n) is 9.33. The summed E-state index contributed by atoms with van der Waals surface area (Å²) in [6.45, 7) is 5.71. The lowest BCUT2D eigenvalue weighted by molar-refractivity contribution is 0.0995. The molecule has 0 aromatic carbocycles. The zero-order valence-corrected chi connectivity index (χ0v) is 20.2. The number of carbonyl (C=O) groups is 1. The number of aliphatic imine (C=N–C) groups is 1. The van der Waals surface area contributed by atoms with Crippen molar-refractivity contribution in [1.82, 2.24) is 14.7 Å². The Kier molecular flexibility index (Phi) is 5.78. The predicted molar refractivity (Wildman–Crippen MR) is 129 cm³/mol. The van der Waals surface area contributed by atoms with Gasteiger partial charge >= 0.3 is 0 Å². The molecule has 2 aromatic rings. The Hall–Kier alpha value is -3.23. The lowest BCUT2D eigenvalue weighted by Gasteiger charge is -2.48. The van der Waals surface area contributed by atoms with Crippen LogP contribution in [0.5, 0.6) is 0 Å². The van der Waals surface area contributed by atoms with Gasteiger partial charge in [-0.3, -0.25) is 18.7 Å². The van der Waals surface area contributed by atoms with E-state index in [0.29, 0.717) is 24.1 Å². The Balaban J connectivity index is 1.91. The van der Waals surface area contributed by atoms with Gasteiger partial charge < -0.3 is 11.5 Å². The molecule has 2 aliphatic rings. The smallest absolute Gasteiger partial charge is 0.267 e. The molecule has 2 unspecified atom stereocenters. The zero-order chi connectivity index (χ0) is 24.9. The van der Waals surface area contributed by atoms with Crippen LogP contribution in [0.25, 0.3) is 11.3 Å². The van der Waals surface area contributed by atoms with Crippen LogP contribution >= 0.6 is 0 Å². The SMILES string of the molecule is Cc1c(C(N)=O)ncc(C#N)c1-c1ccc(F)c(C2(C)C[SH]3(=O)NCCCCC3(C)C(N)=N2)n1. The number of nitrogens with two attached hydrogens (primary N) is 2. The number of amidine groups is 1. The largest absolute Gasteiger partial charge is 0.386 e. The zero-order valence-electron chi connectivity index (χ0n) is 19.4. The van der Waals surface area contributed by atoms with Crippen LogP contribution in [0, 0.1) is 24.1 Å². The van der Waals surface area contributed by atoms with E-state index in [9.17, 15) is 14.3 Å². The molecular formula is C23H28FN7O2S. The molecule has 4 rings (SSSR count). The fourth-order valence-corrected chi connectivity index (χ4v) is 8.32. The number of pyridine rings is 2. The van der Waals surface area contributed by atoms with Crippen molar-refractivity contribution in [3.63, 3.8) is 0 Å². The van der Waals surface area contributed by atoms with Crippen LogP contribution in [0.15, 0.2) is 23.3 Å². The number of fused-ring (bicyclic) bond motifs is 1. The van der Waals surface area contributed by atoms with Gasteiger partial charge in [0.05, 0.1) is 16.0 Å². The summed E-state index contributed by atoms with van der Waals surface area (Å²) in [4.78, 5) is 25.0. The van der Waals surface area contributed by atoms with E-state index < -0.39 is 32.1 Å². The van der Waals surface area contributed by atoms with Gasteiger partial charge in [0, 0.05) is 24.1 Å². The number of primary amides is 1. The third-order valence-corrected chi connectivity index (χ3v) is 10.8. The summed E-state index contributed by atoms with van der Waals surface area (Å²) in [6.07, 6.45) is 3.61. The lowest BCUT2D eigenvalue weighted by Crippen LogP contribution is -2.64. The van der Waals surface area contributed by atoms with Crippen LogP contribution in [-0.4, -0.2) is 43.0 Å². The Morgan fingerprint density at radius 3 is 2.74 bits per heavy atom. The average Bonchev–Trinajstić information content (AvgIpc) is 2.92. The molecule has 2 aliphatic heterocycles. The van der Waals surface area contributed by atoms with E-state index in [0.717, 1.165) is 12.8 Å². The highest BCUT2D eigenvalue weighted by Gasteiger charge is 2.52. The predicted octanol–water partition coefficient (Wildman–Crippen LogP) is 1.61. The first-order valence-electron chi connectivity index (χ1n) is 11.0. The summed E-state index contributed by atoms with van der Waals surface area (Å²) in [6, 6.07) is 4.68. The lowest BCUT2D eigenvalue weighted by atomic mass is 9.94. The summed E-state index contributed by atoms with van der Waals surface area (Å²) in [7, 11) is -3.10. The maximum atomic E-state index is 15.2. The molecule has 2 aromatic heterocycles. The summed E-state index contributed by atoms with van der Waals surface area (Å²) in [5.41, 5.74) is 11.6.